The van der Waals surface area contributed by atoms with Gasteiger partial charge in [-0.25, -0.2) is 0 Å². The predicted octanol–water partition coefficient (Wildman–Crippen LogP) is 2.51. The van der Waals surface area contributed by atoms with Gasteiger partial charge in [-0.3, -0.25) is 4.79 Å². The van der Waals surface area contributed by atoms with Crippen LogP contribution in [0.4, 0.5) is 0 Å². The Balaban J connectivity index is 2.12. The van der Waals surface area contributed by atoms with Crippen LogP contribution < -0.4 is 5.32 Å². The fourth-order valence-electron chi connectivity index (χ4n) is 2.38. The molecule has 1 saturated heterocycles. The molecule has 1 N–H and O–H groups in total. The highest BCUT2D eigenvalue weighted by Crippen LogP contribution is 2.15. The molecule has 0 aromatic heterocycles. The largest absolute Gasteiger partial charge is 0.333 e. The van der Waals surface area contributed by atoms with Crippen molar-refractivity contribution in [3.05, 3.63) is 33.4 Å². The number of amides is 1. The van der Waals surface area contributed by atoms with Crippen molar-refractivity contribution in [2.24, 2.45) is 0 Å². The van der Waals surface area contributed by atoms with Crippen molar-refractivity contribution in [2.75, 3.05) is 19.6 Å². The van der Waals surface area contributed by atoms with E-state index < -0.39 is 0 Å². The number of halogens is 1. The highest BCUT2D eigenvalue weighted by molar-refractivity contribution is 14.1. The Morgan fingerprint density at radius 1 is 1.44 bits per heavy atom. The minimum Gasteiger partial charge on any atom is -0.333 e. The minimum atomic E-state index is 0.173. The molecule has 1 fully saturated rings. The molecule has 1 aromatic rings. The Morgan fingerprint density at radius 3 is 2.83 bits per heavy atom. The lowest BCUT2D eigenvalue weighted by molar-refractivity contribution is 0.0624. The molecule has 2 rings (SSSR count). The number of nitrogens with one attached hydrogen (secondary N) is 1. The van der Waals surface area contributed by atoms with Gasteiger partial charge in [-0.2, -0.15) is 0 Å². The molecule has 0 spiro atoms. The molecule has 1 aliphatic heterocycles. The maximum absolute atomic E-state index is 12.5. The number of piperazine rings is 1. The number of nitrogens with zero attached hydrogens (tertiary/aromatic N) is 1. The lowest BCUT2D eigenvalue weighted by atomic mass is 10.1. The standard InChI is InChI=1S/C14H19IN2O/c1-2-3-13-10-16-8-9-17(13)14(18)11-4-6-12(15)7-5-11/h4-7,13,16H,2-3,8-10H2,1H3. The van der Waals surface area contributed by atoms with Gasteiger partial charge in [-0.15, -0.1) is 0 Å². The minimum absolute atomic E-state index is 0.173. The molecule has 1 heterocycles. The fourth-order valence-corrected chi connectivity index (χ4v) is 2.74. The highest BCUT2D eigenvalue weighted by atomic mass is 127. The summed E-state index contributed by atoms with van der Waals surface area (Å²) in [6, 6.07) is 8.18. The van der Waals surface area contributed by atoms with E-state index in [0.29, 0.717) is 6.04 Å². The van der Waals surface area contributed by atoms with Gasteiger partial charge in [0.25, 0.3) is 5.91 Å². The lowest BCUT2D eigenvalue weighted by Gasteiger charge is -2.36. The first-order chi connectivity index (χ1) is 8.72. The average molecular weight is 358 g/mol. The Kier molecular flexibility index (Phi) is 5.00. The van der Waals surface area contributed by atoms with E-state index in [2.05, 4.69) is 34.8 Å². The Bertz CT molecular complexity index is 403. The highest BCUT2D eigenvalue weighted by Gasteiger charge is 2.26. The molecule has 0 radical (unpaired) electrons. The first-order valence-electron chi connectivity index (χ1n) is 6.49. The normalized spacial score (nSPS) is 19.9. The van der Waals surface area contributed by atoms with Gasteiger partial charge in [0.2, 0.25) is 0 Å². The second kappa shape index (κ2) is 6.52. The Hall–Kier alpha value is -0.620. The van der Waals surface area contributed by atoms with Crippen molar-refractivity contribution in [3.8, 4) is 0 Å². The van der Waals surface area contributed by atoms with Crippen molar-refractivity contribution in [1.29, 1.82) is 0 Å². The molecular weight excluding hydrogens is 339 g/mol. The number of benzene rings is 1. The molecule has 3 nitrogen and oxygen atoms in total. The third-order valence-corrected chi connectivity index (χ3v) is 4.04. The van der Waals surface area contributed by atoms with E-state index in [-0.39, 0.29) is 5.91 Å². The summed E-state index contributed by atoms with van der Waals surface area (Å²) in [5.74, 6) is 0.173. The van der Waals surface area contributed by atoms with E-state index >= 15 is 0 Å². The predicted molar refractivity (Wildman–Crippen MR) is 81.8 cm³/mol. The van der Waals surface area contributed by atoms with Crippen LogP contribution in [0.2, 0.25) is 0 Å². The maximum Gasteiger partial charge on any atom is 0.254 e. The summed E-state index contributed by atoms with van der Waals surface area (Å²) in [7, 11) is 0. The van der Waals surface area contributed by atoms with E-state index in [0.717, 1.165) is 41.6 Å². The van der Waals surface area contributed by atoms with Gasteiger partial charge >= 0.3 is 0 Å². The molecule has 1 atom stereocenters. The van der Waals surface area contributed by atoms with Gasteiger partial charge in [0.15, 0.2) is 0 Å². The molecular formula is C14H19IN2O. The van der Waals surface area contributed by atoms with Crippen LogP contribution in [0.25, 0.3) is 0 Å². The number of hydrogen-bond donors (Lipinski definition) is 1. The topological polar surface area (TPSA) is 32.3 Å². The van der Waals surface area contributed by atoms with Crippen molar-refractivity contribution in [1.82, 2.24) is 10.2 Å². The van der Waals surface area contributed by atoms with E-state index in [4.69, 9.17) is 0 Å². The summed E-state index contributed by atoms with van der Waals surface area (Å²) in [6.45, 7) is 4.80. The van der Waals surface area contributed by atoms with Crippen LogP contribution in [-0.4, -0.2) is 36.5 Å². The summed E-state index contributed by atoms with van der Waals surface area (Å²) < 4.78 is 1.16. The van der Waals surface area contributed by atoms with Crippen LogP contribution in [0.5, 0.6) is 0 Å². The molecule has 0 aliphatic carbocycles. The Labute approximate surface area is 122 Å². The zero-order valence-electron chi connectivity index (χ0n) is 10.7. The van der Waals surface area contributed by atoms with E-state index in [1.165, 1.54) is 0 Å². The van der Waals surface area contributed by atoms with E-state index in [9.17, 15) is 4.79 Å². The monoisotopic (exact) mass is 358 g/mol. The van der Waals surface area contributed by atoms with E-state index in [1.54, 1.807) is 0 Å². The maximum atomic E-state index is 12.5. The molecule has 1 aliphatic rings. The van der Waals surface area contributed by atoms with Crippen molar-refractivity contribution in [3.63, 3.8) is 0 Å². The van der Waals surface area contributed by atoms with Crippen molar-refractivity contribution >= 4 is 28.5 Å². The summed E-state index contributed by atoms with van der Waals surface area (Å²) in [4.78, 5) is 14.5. The summed E-state index contributed by atoms with van der Waals surface area (Å²) in [5, 5.41) is 3.37. The molecule has 4 heteroatoms. The Morgan fingerprint density at radius 2 is 2.17 bits per heavy atom. The number of rotatable bonds is 3. The van der Waals surface area contributed by atoms with Crippen LogP contribution in [-0.2, 0) is 0 Å². The SMILES string of the molecule is CCCC1CNCCN1C(=O)c1ccc(I)cc1. The zero-order valence-corrected chi connectivity index (χ0v) is 12.8. The van der Waals surface area contributed by atoms with Gasteiger partial charge in [-0.1, -0.05) is 13.3 Å². The molecule has 98 valence electrons. The second-order valence-corrected chi connectivity index (χ2v) is 5.90. The fraction of sp³-hybridized carbons (Fsp3) is 0.500. The van der Waals surface area contributed by atoms with Crippen LogP contribution in [0.15, 0.2) is 24.3 Å². The molecule has 0 saturated carbocycles. The lowest BCUT2D eigenvalue weighted by Crippen LogP contribution is -2.53. The van der Waals surface area contributed by atoms with Crippen LogP contribution >= 0.6 is 22.6 Å². The van der Waals surface area contributed by atoms with Crippen molar-refractivity contribution in [2.45, 2.75) is 25.8 Å². The molecule has 0 bridgehead atoms. The third-order valence-electron chi connectivity index (χ3n) is 3.32. The van der Waals surface area contributed by atoms with Gasteiger partial charge in [0.1, 0.15) is 0 Å². The number of carbonyl (C=O) groups is 1. The van der Waals surface area contributed by atoms with Crippen LogP contribution in [0.1, 0.15) is 30.1 Å². The molecule has 1 amide bonds. The summed E-state index contributed by atoms with van der Waals surface area (Å²) in [5.41, 5.74) is 0.804. The first kappa shape index (κ1) is 13.8. The van der Waals surface area contributed by atoms with Crippen molar-refractivity contribution < 1.29 is 4.79 Å². The first-order valence-corrected chi connectivity index (χ1v) is 7.57. The number of carbonyl (C=O) groups excluding carboxylic acids is 1. The van der Waals surface area contributed by atoms with Gasteiger partial charge in [0, 0.05) is 34.8 Å². The van der Waals surface area contributed by atoms with Crippen LogP contribution in [0, 0.1) is 3.57 Å². The quantitative estimate of drug-likeness (QED) is 0.843. The van der Waals surface area contributed by atoms with Gasteiger partial charge < -0.3 is 10.2 Å². The van der Waals surface area contributed by atoms with E-state index in [1.807, 2.05) is 29.2 Å². The molecule has 1 aromatic carbocycles. The summed E-state index contributed by atoms with van der Waals surface area (Å²) in [6.07, 6.45) is 2.19. The number of hydrogen-bond acceptors (Lipinski definition) is 2. The smallest absolute Gasteiger partial charge is 0.254 e. The zero-order chi connectivity index (χ0) is 13.0. The van der Waals surface area contributed by atoms with Gasteiger partial charge in [0.05, 0.1) is 0 Å². The average Bonchev–Trinajstić information content (AvgIpc) is 2.40. The third kappa shape index (κ3) is 3.23. The van der Waals surface area contributed by atoms with Crippen LogP contribution in [0.3, 0.4) is 0 Å². The second-order valence-electron chi connectivity index (χ2n) is 4.65. The molecule has 18 heavy (non-hydrogen) atoms. The van der Waals surface area contributed by atoms with Gasteiger partial charge in [-0.05, 0) is 53.3 Å². The summed E-state index contributed by atoms with van der Waals surface area (Å²) >= 11 is 2.26. The molecule has 1 unspecified atom stereocenters.